The zero-order valence-corrected chi connectivity index (χ0v) is 7.29. The monoisotopic (exact) mass is 174 g/mol. The Hall–Kier alpha value is -1.10. The van der Waals surface area contributed by atoms with Crippen molar-refractivity contribution >= 4 is 11.9 Å². The molecule has 5 heteroatoms. The minimum absolute atomic E-state index is 0.526. The molecule has 0 spiro atoms. The van der Waals surface area contributed by atoms with Crippen LogP contribution in [-0.4, -0.2) is 24.6 Å². The number of esters is 1. The van der Waals surface area contributed by atoms with Gasteiger partial charge in [0.15, 0.2) is 0 Å². The van der Waals surface area contributed by atoms with Crippen LogP contribution in [0, 0.1) is 0 Å². The molecule has 0 aliphatic carbocycles. The van der Waals surface area contributed by atoms with E-state index < -0.39 is 18.1 Å². The lowest BCUT2D eigenvalue weighted by Gasteiger charge is -2.13. The zero-order valence-electron chi connectivity index (χ0n) is 7.29. The van der Waals surface area contributed by atoms with Gasteiger partial charge in [-0.2, -0.15) is 0 Å². The number of nitrogens with two attached hydrogens (primary N) is 1. The molecule has 0 fully saturated rings. The summed E-state index contributed by atoms with van der Waals surface area (Å²) in [6, 6.07) is 0. The molecule has 1 unspecified atom stereocenters. The van der Waals surface area contributed by atoms with E-state index >= 15 is 0 Å². The van der Waals surface area contributed by atoms with Crippen LogP contribution < -0.4 is 11.1 Å². The molecule has 70 valence electrons. The first-order valence-electron chi connectivity index (χ1n) is 3.77. The zero-order chi connectivity index (χ0) is 9.56. The molecule has 0 heterocycles. The largest absolute Gasteiger partial charge is 0.437 e. The fourth-order valence-electron chi connectivity index (χ4n) is 0.642. The van der Waals surface area contributed by atoms with E-state index in [9.17, 15) is 9.59 Å². The number of primary amides is 1. The van der Waals surface area contributed by atoms with Gasteiger partial charge in [-0.3, -0.25) is 14.9 Å². The minimum atomic E-state index is -0.998. The predicted octanol–water partition coefficient (Wildman–Crippen LogP) is -0.639. The molecule has 0 aliphatic heterocycles. The summed E-state index contributed by atoms with van der Waals surface area (Å²) in [5, 5.41) is 2.68. The Morgan fingerprint density at radius 1 is 1.58 bits per heavy atom. The van der Waals surface area contributed by atoms with Crippen molar-refractivity contribution in [1.29, 1.82) is 0 Å². The Morgan fingerprint density at radius 3 is 2.50 bits per heavy atom. The van der Waals surface area contributed by atoms with Gasteiger partial charge in [-0.15, -0.1) is 0 Å². The summed E-state index contributed by atoms with van der Waals surface area (Å²) in [6.07, 6.45) is -0.159. The second kappa shape index (κ2) is 5.54. The van der Waals surface area contributed by atoms with Gasteiger partial charge >= 0.3 is 5.97 Å². The van der Waals surface area contributed by atoms with Gasteiger partial charge in [0.05, 0.1) is 0 Å². The van der Waals surface area contributed by atoms with Gasteiger partial charge in [0, 0.05) is 6.92 Å². The molecule has 0 rings (SSSR count). The highest BCUT2D eigenvalue weighted by Gasteiger charge is 2.16. The Bertz CT molecular complexity index is 170. The van der Waals surface area contributed by atoms with E-state index in [1.165, 1.54) is 6.92 Å². The molecule has 1 amide bonds. The van der Waals surface area contributed by atoms with E-state index in [0.29, 0.717) is 6.54 Å². The molecular formula is C7H14N2O3. The molecule has 0 aliphatic rings. The van der Waals surface area contributed by atoms with Crippen LogP contribution in [0.15, 0.2) is 0 Å². The van der Waals surface area contributed by atoms with Gasteiger partial charge in [-0.1, -0.05) is 6.92 Å². The van der Waals surface area contributed by atoms with Gasteiger partial charge in [0.25, 0.3) is 5.91 Å². The van der Waals surface area contributed by atoms with E-state index in [1.807, 2.05) is 6.92 Å². The molecule has 0 saturated heterocycles. The van der Waals surface area contributed by atoms with Crippen molar-refractivity contribution in [2.75, 3.05) is 6.54 Å². The average Bonchev–Trinajstić information content (AvgIpc) is 1.96. The van der Waals surface area contributed by atoms with Gasteiger partial charge in [-0.05, 0) is 13.0 Å². The van der Waals surface area contributed by atoms with Crippen LogP contribution in [0.25, 0.3) is 0 Å². The molecule has 0 bridgehead atoms. The lowest BCUT2D eigenvalue weighted by atomic mass is 10.4. The number of ether oxygens (including phenoxy) is 1. The SMILES string of the molecule is CCCNC(OC(C)=O)C(N)=O. The molecule has 0 radical (unpaired) electrons. The summed E-state index contributed by atoms with van der Waals surface area (Å²) in [4.78, 5) is 21.1. The van der Waals surface area contributed by atoms with Gasteiger partial charge in [-0.25, -0.2) is 0 Å². The van der Waals surface area contributed by atoms with Gasteiger partial charge in [0.2, 0.25) is 6.23 Å². The van der Waals surface area contributed by atoms with Crippen molar-refractivity contribution in [2.45, 2.75) is 26.5 Å². The second-order valence-corrected chi connectivity index (χ2v) is 2.35. The van der Waals surface area contributed by atoms with Crippen molar-refractivity contribution < 1.29 is 14.3 Å². The Labute approximate surface area is 71.3 Å². The number of hydrogen-bond donors (Lipinski definition) is 2. The topological polar surface area (TPSA) is 81.4 Å². The predicted molar refractivity (Wildman–Crippen MR) is 43.0 cm³/mol. The van der Waals surface area contributed by atoms with Crippen LogP contribution in [0.1, 0.15) is 20.3 Å². The lowest BCUT2D eigenvalue weighted by Crippen LogP contribution is -2.44. The van der Waals surface area contributed by atoms with Crippen molar-refractivity contribution in [3.63, 3.8) is 0 Å². The van der Waals surface area contributed by atoms with E-state index in [1.54, 1.807) is 0 Å². The number of rotatable bonds is 5. The molecular weight excluding hydrogens is 160 g/mol. The minimum Gasteiger partial charge on any atom is -0.437 e. The number of carbonyl (C=O) groups is 2. The Balaban J connectivity index is 3.87. The van der Waals surface area contributed by atoms with Crippen LogP contribution in [0.3, 0.4) is 0 Å². The van der Waals surface area contributed by atoms with Crippen molar-refractivity contribution in [1.82, 2.24) is 5.32 Å². The normalized spacial score (nSPS) is 12.2. The number of carbonyl (C=O) groups excluding carboxylic acids is 2. The first-order valence-corrected chi connectivity index (χ1v) is 3.77. The number of nitrogens with one attached hydrogen (secondary N) is 1. The van der Waals surface area contributed by atoms with Crippen LogP contribution in [0.2, 0.25) is 0 Å². The summed E-state index contributed by atoms with van der Waals surface area (Å²) in [5.41, 5.74) is 4.95. The Morgan fingerprint density at radius 2 is 2.17 bits per heavy atom. The maximum Gasteiger partial charge on any atom is 0.304 e. The van der Waals surface area contributed by atoms with E-state index in [2.05, 4.69) is 10.1 Å². The van der Waals surface area contributed by atoms with E-state index in [-0.39, 0.29) is 0 Å². The highest BCUT2D eigenvalue weighted by molar-refractivity contribution is 5.81. The van der Waals surface area contributed by atoms with Crippen molar-refractivity contribution in [2.24, 2.45) is 5.73 Å². The summed E-state index contributed by atoms with van der Waals surface area (Å²) in [6.45, 7) is 3.74. The van der Waals surface area contributed by atoms with E-state index in [4.69, 9.17) is 5.73 Å². The summed E-state index contributed by atoms with van der Waals surface area (Å²) < 4.78 is 4.59. The molecule has 3 N–H and O–H groups in total. The maximum absolute atomic E-state index is 10.6. The lowest BCUT2D eigenvalue weighted by molar-refractivity contribution is -0.154. The first kappa shape index (κ1) is 10.9. The fraction of sp³-hybridized carbons (Fsp3) is 0.714. The summed E-state index contributed by atoms with van der Waals surface area (Å²) in [5.74, 6) is -1.21. The van der Waals surface area contributed by atoms with E-state index in [0.717, 1.165) is 6.42 Å². The van der Waals surface area contributed by atoms with Crippen LogP contribution in [-0.2, 0) is 14.3 Å². The fourth-order valence-corrected chi connectivity index (χ4v) is 0.642. The quantitative estimate of drug-likeness (QED) is 0.429. The third-order valence-corrected chi connectivity index (χ3v) is 1.12. The molecule has 0 aromatic carbocycles. The van der Waals surface area contributed by atoms with Gasteiger partial charge in [0.1, 0.15) is 0 Å². The maximum atomic E-state index is 10.6. The first-order chi connectivity index (χ1) is 5.57. The number of amides is 1. The molecule has 12 heavy (non-hydrogen) atoms. The standard InChI is InChI=1S/C7H14N2O3/c1-3-4-9-7(6(8)11)12-5(2)10/h7,9H,3-4H2,1-2H3,(H2,8,11). The second-order valence-electron chi connectivity index (χ2n) is 2.35. The summed E-state index contributed by atoms with van der Waals surface area (Å²) >= 11 is 0. The third kappa shape index (κ3) is 4.68. The molecule has 0 aromatic heterocycles. The summed E-state index contributed by atoms with van der Waals surface area (Å²) in [7, 11) is 0. The van der Waals surface area contributed by atoms with Crippen LogP contribution in [0.5, 0.6) is 0 Å². The molecule has 0 aromatic rings. The highest BCUT2D eigenvalue weighted by Crippen LogP contribution is 1.87. The highest BCUT2D eigenvalue weighted by atomic mass is 16.6. The molecule has 5 nitrogen and oxygen atoms in total. The molecule has 1 atom stereocenters. The van der Waals surface area contributed by atoms with Crippen molar-refractivity contribution in [3.05, 3.63) is 0 Å². The average molecular weight is 174 g/mol. The number of hydrogen-bond acceptors (Lipinski definition) is 4. The van der Waals surface area contributed by atoms with Crippen LogP contribution >= 0.6 is 0 Å². The molecule has 0 saturated carbocycles. The van der Waals surface area contributed by atoms with Crippen LogP contribution in [0.4, 0.5) is 0 Å². The van der Waals surface area contributed by atoms with Crippen molar-refractivity contribution in [3.8, 4) is 0 Å². The third-order valence-electron chi connectivity index (χ3n) is 1.12. The smallest absolute Gasteiger partial charge is 0.304 e. The Kier molecular flexibility index (Phi) is 5.03. The van der Waals surface area contributed by atoms with Gasteiger partial charge < -0.3 is 10.5 Å².